The van der Waals surface area contributed by atoms with Crippen molar-refractivity contribution >= 4 is 11.4 Å². The average Bonchev–Trinajstić information content (AvgIpc) is 2.72. The van der Waals surface area contributed by atoms with E-state index in [9.17, 15) is 14.7 Å². The zero-order chi connectivity index (χ0) is 21.0. The van der Waals surface area contributed by atoms with Crippen molar-refractivity contribution in [1.82, 2.24) is 9.55 Å². The van der Waals surface area contributed by atoms with Crippen LogP contribution in [0.4, 0.5) is 5.69 Å². The summed E-state index contributed by atoms with van der Waals surface area (Å²) in [6, 6.07) is 14.2. The van der Waals surface area contributed by atoms with Gasteiger partial charge in [-0.05, 0) is 24.6 Å². The fourth-order valence-electron chi connectivity index (χ4n) is 2.91. The number of nitrogens with one attached hydrogen (secondary N) is 1. The molecule has 0 unspecified atom stereocenters. The van der Waals surface area contributed by atoms with Crippen molar-refractivity contribution < 1.29 is 14.6 Å². The Bertz CT molecular complexity index is 1160. The number of nitrogens with zero attached hydrogens (tertiary/aromatic N) is 2. The highest BCUT2D eigenvalue weighted by molar-refractivity contribution is 6.02. The van der Waals surface area contributed by atoms with Crippen LogP contribution in [0.15, 0.2) is 63.1 Å². The molecule has 8 nitrogen and oxygen atoms in total. The molecular weight excluding hydrogens is 374 g/mol. The van der Waals surface area contributed by atoms with E-state index in [0.29, 0.717) is 17.2 Å². The van der Waals surface area contributed by atoms with Crippen LogP contribution in [0.2, 0.25) is 0 Å². The summed E-state index contributed by atoms with van der Waals surface area (Å²) in [5.74, 6) is 0.587. The molecule has 0 spiro atoms. The maximum atomic E-state index is 12.4. The number of aromatic amines is 1. The molecule has 2 aromatic carbocycles. The van der Waals surface area contributed by atoms with Gasteiger partial charge < -0.3 is 14.6 Å². The summed E-state index contributed by atoms with van der Waals surface area (Å²) in [7, 11) is 3.03. The van der Waals surface area contributed by atoms with Crippen molar-refractivity contribution in [2.24, 2.45) is 4.99 Å². The number of benzene rings is 2. The predicted molar refractivity (Wildman–Crippen MR) is 110 cm³/mol. The first kappa shape index (κ1) is 19.9. The molecule has 0 atom stereocenters. The number of hydrogen-bond donors (Lipinski definition) is 2. The molecule has 3 aromatic rings. The third-order valence-corrected chi connectivity index (χ3v) is 4.39. The number of hydrogen-bond acceptors (Lipinski definition) is 6. The zero-order valence-electron chi connectivity index (χ0n) is 16.3. The molecule has 29 heavy (non-hydrogen) atoms. The van der Waals surface area contributed by atoms with Gasteiger partial charge in [0.1, 0.15) is 22.7 Å². The van der Waals surface area contributed by atoms with Gasteiger partial charge in [-0.1, -0.05) is 30.3 Å². The Morgan fingerprint density at radius 2 is 1.83 bits per heavy atom. The predicted octanol–water partition coefficient (Wildman–Crippen LogP) is 2.45. The molecule has 0 aliphatic rings. The normalized spacial score (nSPS) is 11.3. The molecule has 0 saturated carbocycles. The quantitative estimate of drug-likeness (QED) is 0.624. The highest BCUT2D eigenvalue weighted by atomic mass is 16.5. The van der Waals surface area contributed by atoms with Crippen LogP contribution in [-0.4, -0.2) is 34.6 Å². The van der Waals surface area contributed by atoms with Crippen molar-refractivity contribution in [3.05, 3.63) is 80.5 Å². The van der Waals surface area contributed by atoms with Gasteiger partial charge in [0.25, 0.3) is 5.56 Å². The van der Waals surface area contributed by atoms with E-state index >= 15 is 0 Å². The fourth-order valence-corrected chi connectivity index (χ4v) is 2.91. The van der Waals surface area contributed by atoms with Crippen molar-refractivity contribution in [2.75, 3.05) is 14.2 Å². The molecule has 150 valence electrons. The van der Waals surface area contributed by atoms with Gasteiger partial charge in [0.05, 0.1) is 26.5 Å². The Kier molecular flexibility index (Phi) is 5.82. The van der Waals surface area contributed by atoms with Crippen LogP contribution < -0.4 is 20.7 Å². The molecule has 0 aliphatic carbocycles. The molecular formula is C21H21N3O5. The second-order valence-electron chi connectivity index (χ2n) is 6.26. The first-order chi connectivity index (χ1) is 13.9. The van der Waals surface area contributed by atoms with Gasteiger partial charge in [0.15, 0.2) is 0 Å². The summed E-state index contributed by atoms with van der Waals surface area (Å²) < 4.78 is 11.6. The van der Waals surface area contributed by atoms with Crippen molar-refractivity contribution in [2.45, 2.75) is 13.5 Å². The molecule has 0 aliphatic heterocycles. The average molecular weight is 395 g/mol. The molecule has 3 rings (SSSR count). The van der Waals surface area contributed by atoms with E-state index < -0.39 is 17.1 Å². The smallest absolute Gasteiger partial charge is 0.331 e. The van der Waals surface area contributed by atoms with Crippen LogP contribution in [0.3, 0.4) is 0 Å². The number of methoxy groups -OCH3 is 2. The maximum absolute atomic E-state index is 12.4. The SMILES string of the molecule is COc1ccc(N=C(C)c2c(O)n(Cc3ccccc3)c(=O)[nH]c2=O)c(OC)c1. The van der Waals surface area contributed by atoms with Crippen LogP contribution in [0.1, 0.15) is 18.1 Å². The Morgan fingerprint density at radius 1 is 1.10 bits per heavy atom. The monoisotopic (exact) mass is 395 g/mol. The van der Waals surface area contributed by atoms with E-state index in [1.807, 2.05) is 30.3 Å². The van der Waals surface area contributed by atoms with Crippen LogP contribution in [0.25, 0.3) is 0 Å². The van der Waals surface area contributed by atoms with Gasteiger partial charge in [-0.3, -0.25) is 14.3 Å². The Hall–Kier alpha value is -3.81. The first-order valence-electron chi connectivity index (χ1n) is 8.82. The highest BCUT2D eigenvalue weighted by Gasteiger charge is 2.17. The fraction of sp³-hybridized carbons (Fsp3) is 0.190. The van der Waals surface area contributed by atoms with E-state index in [1.54, 1.807) is 25.1 Å². The van der Waals surface area contributed by atoms with Gasteiger partial charge in [-0.25, -0.2) is 9.79 Å². The van der Waals surface area contributed by atoms with Crippen molar-refractivity contribution in [1.29, 1.82) is 0 Å². The van der Waals surface area contributed by atoms with E-state index in [0.717, 1.165) is 10.1 Å². The lowest BCUT2D eigenvalue weighted by atomic mass is 10.2. The highest BCUT2D eigenvalue weighted by Crippen LogP contribution is 2.32. The Morgan fingerprint density at radius 3 is 2.48 bits per heavy atom. The summed E-state index contributed by atoms with van der Waals surface area (Å²) in [6.45, 7) is 1.68. The van der Waals surface area contributed by atoms with Gasteiger partial charge in [0, 0.05) is 6.07 Å². The molecule has 0 fully saturated rings. The summed E-state index contributed by atoms with van der Waals surface area (Å²) in [5, 5.41) is 10.7. The Labute approximate surface area is 166 Å². The van der Waals surface area contributed by atoms with Crippen molar-refractivity contribution in [3.8, 4) is 17.4 Å². The zero-order valence-corrected chi connectivity index (χ0v) is 16.3. The summed E-state index contributed by atoms with van der Waals surface area (Å²) >= 11 is 0. The molecule has 0 radical (unpaired) electrons. The van der Waals surface area contributed by atoms with Crippen LogP contribution in [0.5, 0.6) is 17.4 Å². The number of H-pyrrole nitrogens is 1. The molecule has 0 bridgehead atoms. The van der Waals surface area contributed by atoms with E-state index in [1.165, 1.54) is 14.2 Å². The van der Waals surface area contributed by atoms with Gasteiger partial charge in [-0.15, -0.1) is 0 Å². The van der Waals surface area contributed by atoms with Crippen molar-refractivity contribution in [3.63, 3.8) is 0 Å². The van der Waals surface area contributed by atoms with Gasteiger partial charge in [-0.2, -0.15) is 0 Å². The lowest BCUT2D eigenvalue weighted by Gasteiger charge is -2.12. The topological polar surface area (TPSA) is 106 Å². The summed E-state index contributed by atoms with van der Waals surface area (Å²) in [5.41, 5.74) is -0.0207. The number of aromatic hydroxyl groups is 1. The van der Waals surface area contributed by atoms with E-state index in [-0.39, 0.29) is 17.8 Å². The maximum Gasteiger partial charge on any atom is 0.331 e. The number of ether oxygens (including phenoxy) is 2. The third-order valence-electron chi connectivity index (χ3n) is 4.39. The molecule has 0 amide bonds. The molecule has 1 heterocycles. The molecule has 2 N–H and O–H groups in total. The number of aliphatic imine (C=N–C) groups is 1. The minimum atomic E-state index is -0.717. The summed E-state index contributed by atoms with van der Waals surface area (Å²) in [6.07, 6.45) is 0. The second kappa shape index (κ2) is 8.47. The summed E-state index contributed by atoms with van der Waals surface area (Å²) in [4.78, 5) is 31.3. The minimum Gasteiger partial charge on any atom is -0.497 e. The minimum absolute atomic E-state index is 0.0848. The van der Waals surface area contributed by atoms with Crippen LogP contribution in [0, 0.1) is 0 Å². The number of aromatic nitrogens is 2. The molecule has 8 heteroatoms. The van der Waals surface area contributed by atoms with Crippen LogP contribution in [-0.2, 0) is 6.54 Å². The third kappa shape index (κ3) is 4.21. The van der Waals surface area contributed by atoms with Gasteiger partial charge >= 0.3 is 5.69 Å². The Balaban J connectivity index is 2.09. The van der Waals surface area contributed by atoms with Crippen LogP contribution >= 0.6 is 0 Å². The standard InChI is InChI=1S/C21H21N3O5/c1-13(22-16-10-9-15(28-2)11-17(16)29-3)18-19(25)23-21(27)24(20(18)26)12-14-7-5-4-6-8-14/h4-11,26H,12H2,1-3H3,(H,23,25,27). The molecule has 1 aromatic heterocycles. The largest absolute Gasteiger partial charge is 0.497 e. The number of rotatable bonds is 6. The first-order valence-corrected chi connectivity index (χ1v) is 8.82. The van der Waals surface area contributed by atoms with Gasteiger partial charge in [0.2, 0.25) is 5.88 Å². The van der Waals surface area contributed by atoms with E-state index in [2.05, 4.69) is 9.98 Å². The second-order valence-corrected chi connectivity index (χ2v) is 6.26. The lowest BCUT2D eigenvalue weighted by Crippen LogP contribution is -2.33. The lowest BCUT2D eigenvalue weighted by molar-refractivity contribution is 0.395. The van der Waals surface area contributed by atoms with E-state index in [4.69, 9.17) is 9.47 Å². The molecule has 0 saturated heterocycles.